The van der Waals surface area contributed by atoms with Crippen LogP contribution in [0, 0.1) is 5.82 Å². The van der Waals surface area contributed by atoms with Gasteiger partial charge in [0.2, 0.25) is 11.8 Å². The average molecular weight is 412 g/mol. The molecular weight excluding hydrogens is 392 g/mol. The Kier molecular flexibility index (Phi) is 7.59. The first-order chi connectivity index (χ1) is 12.7. The van der Waals surface area contributed by atoms with E-state index in [0.717, 1.165) is 5.56 Å². The number of rotatable bonds is 7. The Morgan fingerprint density at radius 1 is 1.04 bits per heavy atom. The number of nitrogens with one attached hydrogen (secondary N) is 2. The summed E-state index contributed by atoms with van der Waals surface area (Å²) >= 11 is 11.9. The van der Waals surface area contributed by atoms with Crippen LogP contribution in [0.5, 0.6) is 0 Å². The van der Waals surface area contributed by atoms with Gasteiger partial charge in [-0.1, -0.05) is 29.3 Å². The van der Waals surface area contributed by atoms with Gasteiger partial charge in [0, 0.05) is 5.69 Å². The van der Waals surface area contributed by atoms with Crippen LogP contribution in [0.25, 0.3) is 0 Å². The zero-order chi connectivity index (χ0) is 20.0. The fourth-order valence-electron chi connectivity index (χ4n) is 2.43. The second-order valence-electron chi connectivity index (χ2n) is 6.19. The Bertz CT molecular complexity index is 815. The van der Waals surface area contributed by atoms with Gasteiger partial charge in [-0.2, -0.15) is 0 Å². The van der Waals surface area contributed by atoms with Crippen LogP contribution in [0.3, 0.4) is 0 Å². The third-order valence-electron chi connectivity index (χ3n) is 3.78. The minimum atomic E-state index is -0.377. The van der Waals surface area contributed by atoms with Gasteiger partial charge in [0.15, 0.2) is 0 Å². The van der Waals surface area contributed by atoms with Gasteiger partial charge in [-0.05, 0) is 55.9 Å². The van der Waals surface area contributed by atoms with Crippen molar-refractivity contribution in [2.24, 2.45) is 0 Å². The molecule has 0 saturated carbocycles. The van der Waals surface area contributed by atoms with E-state index in [2.05, 4.69) is 10.6 Å². The summed E-state index contributed by atoms with van der Waals surface area (Å²) in [5.41, 5.74) is 1.32. The predicted octanol–water partition coefficient (Wildman–Crippen LogP) is 3.88. The van der Waals surface area contributed by atoms with Crippen LogP contribution in [0.15, 0.2) is 42.5 Å². The second-order valence-corrected chi connectivity index (χ2v) is 7.00. The van der Waals surface area contributed by atoms with E-state index in [1.807, 2.05) is 6.92 Å². The maximum atomic E-state index is 12.9. The van der Waals surface area contributed by atoms with Crippen LogP contribution >= 0.6 is 23.2 Å². The summed E-state index contributed by atoms with van der Waals surface area (Å²) in [6.07, 6.45) is 0. The minimum Gasteiger partial charge on any atom is -0.348 e. The first-order valence-electron chi connectivity index (χ1n) is 8.23. The molecule has 8 heteroatoms. The fraction of sp³-hybridized carbons (Fsp3) is 0.263. The summed E-state index contributed by atoms with van der Waals surface area (Å²) in [6.45, 7) is 1.90. The SMILES string of the molecule is C[C@@H](NC(=O)CN(C)CC(=O)Nc1ccc(F)cc1)c1ccc(Cl)c(Cl)c1. The molecule has 27 heavy (non-hydrogen) atoms. The highest BCUT2D eigenvalue weighted by Crippen LogP contribution is 2.25. The van der Waals surface area contributed by atoms with Gasteiger partial charge in [-0.15, -0.1) is 0 Å². The highest BCUT2D eigenvalue weighted by atomic mass is 35.5. The topological polar surface area (TPSA) is 61.4 Å². The van der Waals surface area contributed by atoms with Gasteiger partial charge in [0.1, 0.15) is 5.82 Å². The lowest BCUT2D eigenvalue weighted by Gasteiger charge is -2.19. The van der Waals surface area contributed by atoms with Crippen LogP contribution in [0.4, 0.5) is 10.1 Å². The van der Waals surface area contributed by atoms with Gasteiger partial charge in [0.25, 0.3) is 0 Å². The lowest BCUT2D eigenvalue weighted by molar-refractivity contribution is -0.123. The number of anilines is 1. The molecule has 0 spiro atoms. The molecular formula is C19H20Cl2FN3O2. The Morgan fingerprint density at radius 3 is 2.30 bits per heavy atom. The summed E-state index contributed by atoms with van der Waals surface area (Å²) in [5.74, 6) is -0.905. The number of amides is 2. The molecule has 0 aliphatic rings. The summed E-state index contributed by atoms with van der Waals surface area (Å²) in [6, 6.07) is 10.4. The molecule has 2 aromatic rings. The van der Waals surface area contributed by atoms with Crippen molar-refractivity contribution < 1.29 is 14.0 Å². The zero-order valence-electron chi connectivity index (χ0n) is 14.9. The fourth-order valence-corrected chi connectivity index (χ4v) is 2.74. The van der Waals surface area contributed by atoms with Gasteiger partial charge in [-0.3, -0.25) is 14.5 Å². The molecule has 144 valence electrons. The van der Waals surface area contributed by atoms with Crippen molar-refractivity contribution in [2.45, 2.75) is 13.0 Å². The van der Waals surface area contributed by atoms with Crippen molar-refractivity contribution in [3.63, 3.8) is 0 Å². The molecule has 0 unspecified atom stereocenters. The Hall–Kier alpha value is -2.15. The van der Waals surface area contributed by atoms with Gasteiger partial charge in [0.05, 0.1) is 29.2 Å². The number of carbonyl (C=O) groups excluding carboxylic acids is 2. The third kappa shape index (κ3) is 6.82. The standard InChI is InChI=1S/C19H20Cl2FN3O2/c1-12(13-3-8-16(20)17(21)9-13)23-18(26)10-25(2)11-19(27)24-15-6-4-14(22)5-7-15/h3-9,12H,10-11H2,1-2H3,(H,23,26)(H,24,27)/t12-/m1/s1. The van der Waals surface area contributed by atoms with Crippen molar-refractivity contribution >= 4 is 40.7 Å². The molecule has 2 aromatic carbocycles. The van der Waals surface area contributed by atoms with E-state index in [-0.39, 0.29) is 36.8 Å². The quantitative estimate of drug-likeness (QED) is 0.726. The van der Waals surface area contributed by atoms with Crippen molar-refractivity contribution in [1.82, 2.24) is 10.2 Å². The molecule has 0 fully saturated rings. The summed E-state index contributed by atoms with van der Waals surface area (Å²) < 4.78 is 12.9. The molecule has 0 saturated heterocycles. The maximum absolute atomic E-state index is 12.9. The Morgan fingerprint density at radius 2 is 1.67 bits per heavy atom. The maximum Gasteiger partial charge on any atom is 0.238 e. The number of halogens is 3. The molecule has 2 N–H and O–H groups in total. The first kappa shape index (κ1) is 21.2. The van der Waals surface area contributed by atoms with Crippen molar-refractivity contribution in [2.75, 3.05) is 25.5 Å². The molecule has 0 aromatic heterocycles. The van der Waals surface area contributed by atoms with E-state index >= 15 is 0 Å². The normalized spacial score (nSPS) is 11.9. The van der Waals surface area contributed by atoms with Crippen LogP contribution in [0.1, 0.15) is 18.5 Å². The van der Waals surface area contributed by atoms with E-state index in [0.29, 0.717) is 15.7 Å². The van der Waals surface area contributed by atoms with Gasteiger partial charge >= 0.3 is 0 Å². The summed E-state index contributed by atoms with van der Waals surface area (Å²) in [7, 11) is 1.66. The zero-order valence-corrected chi connectivity index (χ0v) is 16.4. The molecule has 0 radical (unpaired) electrons. The smallest absolute Gasteiger partial charge is 0.238 e. The number of hydrogen-bond acceptors (Lipinski definition) is 3. The monoisotopic (exact) mass is 411 g/mol. The van der Waals surface area contributed by atoms with E-state index in [1.54, 1.807) is 30.1 Å². The number of benzene rings is 2. The molecule has 0 aliphatic heterocycles. The van der Waals surface area contributed by atoms with Crippen LogP contribution in [-0.2, 0) is 9.59 Å². The number of carbonyl (C=O) groups is 2. The van der Waals surface area contributed by atoms with Crippen LogP contribution in [0.2, 0.25) is 10.0 Å². The average Bonchev–Trinajstić information content (AvgIpc) is 2.58. The van der Waals surface area contributed by atoms with Crippen LogP contribution in [-0.4, -0.2) is 36.9 Å². The molecule has 2 rings (SSSR count). The third-order valence-corrected chi connectivity index (χ3v) is 4.52. The van der Waals surface area contributed by atoms with Gasteiger partial charge < -0.3 is 10.6 Å². The Labute approximate surface area is 167 Å². The highest BCUT2D eigenvalue weighted by Gasteiger charge is 2.14. The summed E-state index contributed by atoms with van der Waals surface area (Å²) in [4.78, 5) is 25.8. The minimum absolute atomic E-state index is 0.0198. The lowest BCUT2D eigenvalue weighted by atomic mass is 10.1. The molecule has 0 aliphatic carbocycles. The number of nitrogens with zero attached hydrogens (tertiary/aromatic N) is 1. The van der Waals surface area contributed by atoms with E-state index in [4.69, 9.17) is 23.2 Å². The molecule has 1 atom stereocenters. The number of likely N-dealkylation sites (N-methyl/N-ethyl adjacent to an activating group) is 1. The highest BCUT2D eigenvalue weighted by molar-refractivity contribution is 6.42. The summed E-state index contributed by atoms with van der Waals surface area (Å²) in [5, 5.41) is 6.36. The molecule has 5 nitrogen and oxygen atoms in total. The van der Waals surface area contributed by atoms with Crippen molar-refractivity contribution in [3.8, 4) is 0 Å². The molecule has 2 amide bonds. The first-order valence-corrected chi connectivity index (χ1v) is 8.98. The molecule has 0 bridgehead atoms. The van der Waals surface area contributed by atoms with E-state index in [1.165, 1.54) is 24.3 Å². The lowest BCUT2D eigenvalue weighted by Crippen LogP contribution is -2.39. The van der Waals surface area contributed by atoms with Crippen molar-refractivity contribution in [1.29, 1.82) is 0 Å². The predicted molar refractivity (Wildman–Crippen MR) is 106 cm³/mol. The Balaban J connectivity index is 1.81. The largest absolute Gasteiger partial charge is 0.348 e. The van der Waals surface area contributed by atoms with E-state index < -0.39 is 0 Å². The number of hydrogen-bond donors (Lipinski definition) is 2. The van der Waals surface area contributed by atoms with Crippen LogP contribution < -0.4 is 10.6 Å². The van der Waals surface area contributed by atoms with Crippen molar-refractivity contribution in [3.05, 3.63) is 63.9 Å². The second kappa shape index (κ2) is 9.69. The molecule has 0 heterocycles. The van der Waals surface area contributed by atoms with Gasteiger partial charge in [-0.25, -0.2) is 4.39 Å². The van der Waals surface area contributed by atoms with E-state index in [9.17, 15) is 14.0 Å².